The Hall–Kier alpha value is -1.75. The fourth-order valence-corrected chi connectivity index (χ4v) is 1.54. The summed E-state index contributed by atoms with van der Waals surface area (Å²) < 4.78 is 4.63. The molecule has 0 amide bonds. The molecule has 0 bridgehead atoms. The van der Waals surface area contributed by atoms with E-state index >= 15 is 0 Å². The van der Waals surface area contributed by atoms with Gasteiger partial charge in [-0.1, -0.05) is 0 Å². The Morgan fingerprint density at radius 1 is 1.50 bits per heavy atom. The minimum atomic E-state index is -0.430. The number of aliphatic hydroxyl groups is 1. The monoisotopic (exact) mass is 252 g/mol. The first-order chi connectivity index (χ1) is 8.33. The van der Waals surface area contributed by atoms with Crippen LogP contribution in [0, 0.1) is 0 Å². The van der Waals surface area contributed by atoms with Crippen LogP contribution in [0.1, 0.15) is 24.2 Å². The highest BCUT2D eigenvalue weighted by atomic mass is 16.5. The molecule has 0 aliphatic carbocycles. The number of anilines is 2. The van der Waals surface area contributed by atoms with Gasteiger partial charge in [0.05, 0.1) is 36.2 Å². The second kappa shape index (κ2) is 5.27. The number of rotatable bonds is 4. The van der Waals surface area contributed by atoms with E-state index in [0.717, 1.165) is 5.69 Å². The van der Waals surface area contributed by atoms with Gasteiger partial charge in [0, 0.05) is 7.05 Å². The molecule has 0 spiro atoms. The van der Waals surface area contributed by atoms with Crippen molar-refractivity contribution in [3.05, 3.63) is 23.8 Å². The van der Waals surface area contributed by atoms with E-state index in [2.05, 4.69) is 4.74 Å². The van der Waals surface area contributed by atoms with Crippen molar-refractivity contribution in [3.63, 3.8) is 0 Å². The highest BCUT2D eigenvalue weighted by Crippen LogP contribution is 2.28. The second-order valence-electron chi connectivity index (χ2n) is 4.79. The first-order valence-corrected chi connectivity index (χ1v) is 5.66. The summed E-state index contributed by atoms with van der Waals surface area (Å²) in [6.45, 7) is 3.81. The van der Waals surface area contributed by atoms with E-state index in [9.17, 15) is 9.90 Å². The van der Waals surface area contributed by atoms with Gasteiger partial charge < -0.3 is 20.5 Å². The Morgan fingerprint density at radius 2 is 2.11 bits per heavy atom. The maximum atomic E-state index is 11.4. The van der Waals surface area contributed by atoms with Gasteiger partial charge in [-0.15, -0.1) is 0 Å². The van der Waals surface area contributed by atoms with Crippen molar-refractivity contribution in [3.8, 4) is 0 Å². The van der Waals surface area contributed by atoms with E-state index < -0.39 is 11.5 Å². The second-order valence-corrected chi connectivity index (χ2v) is 4.79. The molecule has 0 heterocycles. The molecule has 18 heavy (non-hydrogen) atoms. The zero-order chi connectivity index (χ0) is 13.9. The quantitative estimate of drug-likeness (QED) is 0.623. The molecule has 0 aliphatic rings. The van der Waals surface area contributed by atoms with Crippen molar-refractivity contribution in [2.24, 2.45) is 0 Å². The van der Waals surface area contributed by atoms with E-state index in [0.29, 0.717) is 11.3 Å². The average Bonchev–Trinajstić information content (AvgIpc) is 2.36. The summed E-state index contributed by atoms with van der Waals surface area (Å²) in [6.07, 6.45) is 0. The van der Waals surface area contributed by atoms with Crippen molar-refractivity contribution in [2.75, 3.05) is 31.4 Å². The molecule has 0 aromatic heterocycles. The number of esters is 1. The standard InChI is InChI=1S/C13H20N2O3/c1-13(2,8-16)15(3)11-6-5-9(7-10(11)14)12(17)18-4/h5-7,16H,8,14H2,1-4H3. The minimum absolute atomic E-state index is 0.00168. The number of nitrogens with zero attached hydrogens (tertiary/aromatic N) is 1. The lowest BCUT2D eigenvalue weighted by Gasteiger charge is -2.36. The van der Waals surface area contributed by atoms with Gasteiger partial charge in [-0.25, -0.2) is 4.79 Å². The number of carbonyl (C=O) groups is 1. The summed E-state index contributed by atoms with van der Waals surface area (Å²) in [5, 5.41) is 9.34. The number of hydrogen-bond donors (Lipinski definition) is 2. The third kappa shape index (κ3) is 2.73. The molecule has 0 radical (unpaired) electrons. The van der Waals surface area contributed by atoms with Gasteiger partial charge in [0.15, 0.2) is 0 Å². The Kier molecular flexibility index (Phi) is 4.19. The molecule has 100 valence electrons. The Morgan fingerprint density at radius 3 is 2.56 bits per heavy atom. The summed E-state index contributed by atoms with van der Waals surface area (Å²) in [5.41, 5.74) is 7.16. The molecule has 0 aliphatic heterocycles. The molecular weight excluding hydrogens is 232 g/mol. The largest absolute Gasteiger partial charge is 0.465 e. The number of likely N-dealkylation sites (N-methyl/N-ethyl adjacent to an activating group) is 1. The number of aliphatic hydroxyl groups excluding tert-OH is 1. The van der Waals surface area contributed by atoms with Gasteiger partial charge in [-0.05, 0) is 32.0 Å². The van der Waals surface area contributed by atoms with Crippen molar-refractivity contribution in [2.45, 2.75) is 19.4 Å². The third-order valence-corrected chi connectivity index (χ3v) is 3.10. The highest BCUT2D eigenvalue weighted by molar-refractivity contribution is 5.92. The van der Waals surface area contributed by atoms with Crippen LogP contribution in [-0.2, 0) is 4.74 Å². The summed E-state index contributed by atoms with van der Waals surface area (Å²) in [5.74, 6) is -0.419. The zero-order valence-electron chi connectivity index (χ0n) is 11.2. The summed E-state index contributed by atoms with van der Waals surface area (Å²) in [4.78, 5) is 13.2. The lowest BCUT2D eigenvalue weighted by molar-refractivity contribution is 0.0601. The zero-order valence-corrected chi connectivity index (χ0v) is 11.2. The van der Waals surface area contributed by atoms with Crippen LogP contribution in [-0.4, -0.2) is 37.4 Å². The molecule has 1 rings (SSSR count). The van der Waals surface area contributed by atoms with Crippen LogP contribution >= 0.6 is 0 Å². The van der Waals surface area contributed by atoms with Gasteiger partial charge in [0.25, 0.3) is 0 Å². The molecule has 0 fully saturated rings. The van der Waals surface area contributed by atoms with Gasteiger partial charge in [0.2, 0.25) is 0 Å². The molecule has 0 atom stereocenters. The number of ether oxygens (including phenoxy) is 1. The maximum absolute atomic E-state index is 11.4. The molecule has 5 nitrogen and oxygen atoms in total. The Balaban J connectivity index is 3.10. The van der Waals surface area contributed by atoms with Gasteiger partial charge in [-0.2, -0.15) is 0 Å². The molecule has 0 unspecified atom stereocenters. The third-order valence-electron chi connectivity index (χ3n) is 3.10. The summed E-state index contributed by atoms with van der Waals surface area (Å²) >= 11 is 0. The van der Waals surface area contributed by atoms with E-state index in [-0.39, 0.29) is 6.61 Å². The van der Waals surface area contributed by atoms with E-state index in [4.69, 9.17) is 5.73 Å². The molecular formula is C13H20N2O3. The number of benzene rings is 1. The average molecular weight is 252 g/mol. The molecule has 3 N–H and O–H groups in total. The van der Waals surface area contributed by atoms with Crippen LogP contribution in [0.5, 0.6) is 0 Å². The smallest absolute Gasteiger partial charge is 0.337 e. The van der Waals surface area contributed by atoms with Gasteiger partial charge in [-0.3, -0.25) is 0 Å². The van der Waals surface area contributed by atoms with Crippen LogP contribution in [0.4, 0.5) is 11.4 Å². The summed E-state index contributed by atoms with van der Waals surface area (Å²) in [6, 6.07) is 4.98. The Bertz CT molecular complexity index is 444. The molecule has 0 saturated carbocycles. The Labute approximate surface area is 107 Å². The number of nitrogens with two attached hydrogens (primary N) is 1. The normalized spacial score (nSPS) is 11.2. The fraction of sp³-hybridized carbons (Fsp3) is 0.462. The fourth-order valence-electron chi connectivity index (χ4n) is 1.54. The predicted octanol–water partition coefficient (Wildman–Crippen LogP) is 1.26. The van der Waals surface area contributed by atoms with Crippen LogP contribution in [0.15, 0.2) is 18.2 Å². The lowest BCUT2D eigenvalue weighted by Crippen LogP contribution is -2.44. The van der Waals surface area contributed by atoms with Crippen LogP contribution in [0.2, 0.25) is 0 Å². The minimum Gasteiger partial charge on any atom is -0.465 e. The van der Waals surface area contributed by atoms with Crippen LogP contribution in [0.25, 0.3) is 0 Å². The molecule has 1 aromatic rings. The molecule has 1 aromatic carbocycles. The summed E-state index contributed by atoms with van der Waals surface area (Å²) in [7, 11) is 3.17. The van der Waals surface area contributed by atoms with Crippen molar-refractivity contribution in [1.29, 1.82) is 0 Å². The number of nitrogen functional groups attached to an aromatic ring is 1. The highest BCUT2D eigenvalue weighted by Gasteiger charge is 2.24. The molecule has 5 heteroatoms. The number of hydrogen-bond acceptors (Lipinski definition) is 5. The van der Waals surface area contributed by atoms with Crippen molar-refractivity contribution < 1.29 is 14.6 Å². The van der Waals surface area contributed by atoms with Gasteiger partial charge in [0.1, 0.15) is 0 Å². The van der Waals surface area contributed by atoms with Crippen LogP contribution < -0.4 is 10.6 Å². The van der Waals surface area contributed by atoms with Crippen LogP contribution in [0.3, 0.4) is 0 Å². The maximum Gasteiger partial charge on any atom is 0.337 e. The van der Waals surface area contributed by atoms with Crippen molar-refractivity contribution in [1.82, 2.24) is 0 Å². The topological polar surface area (TPSA) is 75.8 Å². The first-order valence-electron chi connectivity index (χ1n) is 5.66. The number of methoxy groups -OCH3 is 1. The van der Waals surface area contributed by atoms with E-state index in [1.165, 1.54) is 7.11 Å². The predicted molar refractivity (Wildman–Crippen MR) is 71.8 cm³/mol. The SMILES string of the molecule is COC(=O)c1ccc(N(C)C(C)(C)CO)c(N)c1. The first kappa shape index (κ1) is 14.3. The van der Waals surface area contributed by atoms with Crippen molar-refractivity contribution >= 4 is 17.3 Å². The number of carbonyl (C=O) groups excluding carboxylic acids is 1. The molecule has 0 saturated heterocycles. The van der Waals surface area contributed by atoms with Gasteiger partial charge >= 0.3 is 5.97 Å². The lowest BCUT2D eigenvalue weighted by atomic mass is 10.0. The van der Waals surface area contributed by atoms with E-state index in [1.54, 1.807) is 18.2 Å². The van der Waals surface area contributed by atoms with E-state index in [1.807, 2.05) is 25.8 Å².